The third-order valence-electron chi connectivity index (χ3n) is 6.70. The van der Waals surface area contributed by atoms with Crippen LogP contribution in [-0.4, -0.2) is 23.1 Å². The highest BCUT2D eigenvalue weighted by molar-refractivity contribution is 6.30. The van der Waals surface area contributed by atoms with Gasteiger partial charge in [0.05, 0.1) is 11.3 Å². The van der Waals surface area contributed by atoms with Gasteiger partial charge in [-0.05, 0) is 49.6 Å². The average molecular weight is 458 g/mol. The SMILES string of the molecule is C=CC[C@@]1(C)C[C@H](c2cccc(Cl)c2)[C@@H](c2ccc(Cl)cc2)[N+]2=C1OC[C@@H]2C(C)C.[CH3-]. The van der Waals surface area contributed by atoms with Crippen molar-refractivity contribution < 1.29 is 9.31 Å². The minimum atomic E-state index is -0.0959. The summed E-state index contributed by atoms with van der Waals surface area (Å²) in [4.78, 5) is 0. The zero-order valence-electron chi connectivity index (χ0n) is 18.9. The van der Waals surface area contributed by atoms with E-state index in [2.05, 4.69) is 62.3 Å². The van der Waals surface area contributed by atoms with Crippen molar-refractivity contribution in [2.75, 3.05) is 6.61 Å². The average Bonchev–Trinajstić information content (AvgIpc) is 3.15. The van der Waals surface area contributed by atoms with Crippen molar-refractivity contribution >= 4 is 29.1 Å². The smallest absolute Gasteiger partial charge is 0.343 e. The Morgan fingerprint density at radius 1 is 1.13 bits per heavy atom. The fourth-order valence-electron chi connectivity index (χ4n) is 5.26. The molecule has 166 valence electrons. The van der Waals surface area contributed by atoms with Crippen LogP contribution >= 0.6 is 23.2 Å². The maximum atomic E-state index is 6.43. The summed E-state index contributed by atoms with van der Waals surface area (Å²) in [5.74, 6) is 1.87. The van der Waals surface area contributed by atoms with E-state index >= 15 is 0 Å². The molecule has 0 saturated carbocycles. The predicted octanol–water partition coefficient (Wildman–Crippen LogP) is 7.72. The normalized spacial score (nSPS) is 27.5. The number of allylic oxidation sites excluding steroid dienone is 1. The first-order chi connectivity index (χ1) is 14.3. The van der Waals surface area contributed by atoms with E-state index in [-0.39, 0.29) is 24.8 Å². The van der Waals surface area contributed by atoms with Crippen LogP contribution in [0.5, 0.6) is 0 Å². The molecule has 0 spiro atoms. The topological polar surface area (TPSA) is 12.2 Å². The monoisotopic (exact) mass is 457 g/mol. The molecule has 2 aromatic carbocycles. The summed E-state index contributed by atoms with van der Waals surface area (Å²) in [6, 6.07) is 17.1. The van der Waals surface area contributed by atoms with Crippen molar-refractivity contribution in [3.63, 3.8) is 0 Å². The van der Waals surface area contributed by atoms with Gasteiger partial charge in [-0.25, -0.2) is 0 Å². The summed E-state index contributed by atoms with van der Waals surface area (Å²) in [7, 11) is 0. The van der Waals surface area contributed by atoms with Crippen LogP contribution < -0.4 is 0 Å². The molecule has 0 aliphatic carbocycles. The molecule has 2 aliphatic heterocycles. The highest BCUT2D eigenvalue weighted by Crippen LogP contribution is 2.51. The van der Waals surface area contributed by atoms with Crippen LogP contribution in [0, 0.1) is 18.8 Å². The molecule has 0 saturated heterocycles. The number of benzene rings is 2. The Labute approximate surface area is 197 Å². The molecule has 0 N–H and O–H groups in total. The molecule has 4 rings (SSSR count). The first-order valence-corrected chi connectivity index (χ1v) is 11.5. The Kier molecular flexibility index (Phi) is 7.23. The van der Waals surface area contributed by atoms with E-state index in [0.717, 1.165) is 35.4 Å². The number of hydrogen-bond donors (Lipinski definition) is 0. The van der Waals surface area contributed by atoms with Crippen LogP contribution in [0.2, 0.25) is 10.0 Å². The van der Waals surface area contributed by atoms with Crippen LogP contribution in [0.1, 0.15) is 56.7 Å². The van der Waals surface area contributed by atoms with Crippen molar-refractivity contribution in [3.8, 4) is 0 Å². The standard InChI is InChI=1S/C26H30Cl2NO.CH3/c1-5-13-26(4)15-22(19-7-6-8-21(28)14-19)24(18-9-11-20(27)12-10-18)29-23(17(2)3)16-30-25(26)29;/h5-12,14,17,22-24H,1,13,15-16H2,2-4H3;1H3/q+1;-1/t22-,23-,24-,26+;/m1./s1. The largest absolute Gasteiger partial charge is 0.441 e. The molecule has 4 heteroatoms. The van der Waals surface area contributed by atoms with Crippen LogP contribution in [-0.2, 0) is 4.74 Å². The molecule has 2 heterocycles. The third kappa shape index (κ3) is 4.43. The third-order valence-corrected chi connectivity index (χ3v) is 7.19. The van der Waals surface area contributed by atoms with Gasteiger partial charge in [0, 0.05) is 21.5 Å². The van der Waals surface area contributed by atoms with Gasteiger partial charge in [0.25, 0.3) is 0 Å². The van der Waals surface area contributed by atoms with Crippen LogP contribution in [0.25, 0.3) is 0 Å². The van der Waals surface area contributed by atoms with Crippen LogP contribution in [0.4, 0.5) is 0 Å². The zero-order chi connectivity index (χ0) is 21.5. The van der Waals surface area contributed by atoms with Gasteiger partial charge in [-0.2, -0.15) is 4.58 Å². The molecule has 2 nitrogen and oxygen atoms in total. The number of ether oxygens (including phenoxy) is 1. The summed E-state index contributed by atoms with van der Waals surface area (Å²) in [6.45, 7) is 11.6. The van der Waals surface area contributed by atoms with Gasteiger partial charge in [0.2, 0.25) is 0 Å². The van der Waals surface area contributed by atoms with Crippen molar-refractivity contribution in [1.82, 2.24) is 0 Å². The summed E-state index contributed by atoms with van der Waals surface area (Å²) in [5.41, 5.74) is 2.44. The van der Waals surface area contributed by atoms with Crippen molar-refractivity contribution in [1.29, 1.82) is 0 Å². The molecule has 2 aromatic rings. The second-order valence-corrected chi connectivity index (χ2v) is 10.1. The van der Waals surface area contributed by atoms with Gasteiger partial charge in [-0.1, -0.05) is 67.4 Å². The lowest BCUT2D eigenvalue weighted by Crippen LogP contribution is -2.46. The number of hydrogen-bond acceptors (Lipinski definition) is 1. The van der Waals surface area contributed by atoms with E-state index in [1.807, 2.05) is 24.3 Å². The van der Waals surface area contributed by atoms with Crippen molar-refractivity contribution in [3.05, 3.63) is 89.8 Å². The fraction of sp³-hybridized carbons (Fsp3) is 0.407. The van der Waals surface area contributed by atoms with Crippen molar-refractivity contribution in [2.24, 2.45) is 11.3 Å². The second-order valence-electron chi connectivity index (χ2n) is 9.25. The Balaban J connectivity index is 0.00000272. The Bertz CT molecular complexity index is 965. The van der Waals surface area contributed by atoms with Crippen LogP contribution in [0.15, 0.2) is 61.2 Å². The van der Waals surface area contributed by atoms with Gasteiger partial charge in [-0.15, -0.1) is 6.58 Å². The summed E-state index contributed by atoms with van der Waals surface area (Å²) >= 11 is 12.7. The summed E-state index contributed by atoms with van der Waals surface area (Å²) in [5, 5.41) is 1.54. The molecule has 0 radical (unpaired) electrons. The second kappa shape index (κ2) is 9.38. The van der Waals surface area contributed by atoms with E-state index in [1.54, 1.807) is 0 Å². The molecule has 0 fully saturated rings. The molecule has 4 atom stereocenters. The van der Waals surface area contributed by atoms with Gasteiger partial charge < -0.3 is 12.2 Å². The van der Waals surface area contributed by atoms with Gasteiger partial charge in [0.15, 0.2) is 18.7 Å². The quantitative estimate of drug-likeness (QED) is 0.254. The predicted molar refractivity (Wildman–Crippen MR) is 132 cm³/mol. The minimum absolute atomic E-state index is 0. The lowest BCUT2D eigenvalue weighted by Gasteiger charge is -2.39. The number of halogens is 2. The number of rotatable bonds is 5. The van der Waals surface area contributed by atoms with Gasteiger partial charge in [0.1, 0.15) is 0 Å². The number of nitrogens with zero attached hydrogens (tertiary/aromatic N) is 1. The molecule has 31 heavy (non-hydrogen) atoms. The lowest BCUT2D eigenvalue weighted by molar-refractivity contribution is -0.616. The Morgan fingerprint density at radius 3 is 2.45 bits per heavy atom. The minimum Gasteiger partial charge on any atom is -0.441 e. The molecular formula is C27H33Cl2NO. The van der Waals surface area contributed by atoms with Gasteiger partial charge >= 0.3 is 5.90 Å². The fourth-order valence-corrected chi connectivity index (χ4v) is 5.58. The molecule has 2 aliphatic rings. The lowest BCUT2D eigenvalue weighted by atomic mass is 9.69. The first kappa shape index (κ1) is 23.9. The molecule has 0 bridgehead atoms. The van der Waals surface area contributed by atoms with E-state index < -0.39 is 0 Å². The zero-order valence-corrected chi connectivity index (χ0v) is 20.5. The molecule has 0 aromatic heterocycles. The molecule has 0 amide bonds. The molecule has 0 unspecified atom stereocenters. The van der Waals surface area contributed by atoms with E-state index in [9.17, 15) is 0 Å². The maximum absolute atomic E-state index is 6.43. The summed E-state index contributed by atoms with van der Waals surface area (Å²) < 4.78 is 8.99. The maximum Gasteiger partial charge on any atom is 0.343 e. The van der Waals surface area contributed by atoms with Crippen molar-refractivity contribution in [2.45, 2.75) is 51.6 Å². The highest BCUT2D eigenvalue weighted by atomic mass is 35.5. The molecular weight excluding hydrogens is 425 g/mol. The van der Waals surface area contributed by atoms with E-state index in [1.165, 1.54) is 11.1 Å². The van der Waals surface area contributed by atoms with Crippen LogP contribution in [0.3, 0.4) is 0 Å². The van der Waals surface area contributed by atoms with E-state index in [0.29, 0.717) is 12.0 Å². The Hall–Kier alpha value is -1.77. The van der Waals surface area contributed by atoms with E-state index in [4.69, 9.17) is 27.9 Å². The summed E-state index contributed by atoms with van der Waals surface area (Å²) in [6.07, 6.45) is 3.88. The highest BCUT2D eigenvalue weighted by Gasteiger charge is 2.57. The first-order valence-electron chi connectivity index (χ1n) is 10.7. The Morgan fingerprint density at radius 2 is 1.84 bits per heavy atom. The van der Waals surface area contributed by atoms with Gasteiger partial charge in [-0.3, -0.25) is 0 Å².